The number of aliphatic hydroxyl groups excluding tert-OH is 1. The minimum absolute atomic E-state index is 0.0104. The fraction of sp³-hybridized carbons (Fsp3) is 0.533. The smallest absolute Gasteiger partial charge is 0.218 e. The summed E-state index contributed by atoms with van der Waals surface area (Å²) >= 11 is 0. The van der Waals surface area contributed by atoms with Crippen molar-refractivity contribution >= 4 is 5.91 Å². The van der Waals surface area contributed by atoms with Gasteiger partial charge >= 0.3 is 0 Å². The van der Waals surface area contributed by atoms with Gasteiger partial charge in [0.15, 0.2) is 11.6 Å². The second-order valence-electron chi connectivity index (χ2n) is 5.50. The summed E-state index contributed by atoms with van der Waals surface area (Å²) in [5.41, 5.74) is 5.58. The van der Waals surface area contributed by atoms with E-state index in [2.05, 4.69) is 0 Å². The van der Waals surface area contributed by atoms with Crippen molar-refractivity contribution in [3.8, 4) is 0 Å². The van der Waals surface area contributed by atoms with E-state index >= 15 is 0 Å². The Morgan fingerprint density at radius 2 is 2.14 bits per heavy atom. The Balaban J connectivity index is 2.03. The SMILES string of the molecule is NC(=O)CC1CCCCN1CC(O)c1ccc(F)c(F)c1. The number of aliphatic hydroxyl groups is 1. The van der Waals surface area contributed by atoms with Crippen LogP contribution in [-0.2, 0) is 4.79 Å². The molecule has 3 N–H and O–H groups in total. The molecule has 1 amide bonds. The van der Waals surface area contributed by atoms with E-state index in [1.807, 2.05) is 4.90 Å². The van der Waals surface area contributed by atoms with Crippen LogP contribution in [0.1, 0.15) is 37.4 Å². The molecule has 1 aromatic rings. The van der Waals surface area contributed by atoms with Crippen molar-refractivity contribution in [1.82, 2.24) is 4.90 Å². The Morgan fingerprint density at radius 3 is 2.81 bits per heavy atom. The number of β-amino-alcohol motifs (C(OH)–C–C–N with tert-alkyl or cyclic N) is 1. The van der Waals surface area contributed by atoms with Crippen molar-refractivity contribution in [2.45, 2.75) is 37.8 Å². The predicted octanol–water partition coefficient (Wildman–Crippen LogP) is 1.73. The van der Waals surface area contributed by atoms with Crippen LogP contribution in [0.5, 0.6) is 0 Å². The van der Waals surface area contributed by atoms with Gasteiger partial charge in [0.1, 0.15) is 0 Å². The van der Waals surface area contributed by atoms with Gasteiger partial charge in [0.25, 0.3) is 0 Å². The number of carbonyl (C=O) groups is 1. The number of amides is 1. The van der Waals surface area contributed by atoms with Crippen LogP contribution in [0.15, 0.2) is 18.2 Å². The molecule has 0 aliphatic carbocycles. The molecule has 0 radical (unpaired) electrons. The van der Waals surface area contributed by atoms with Gasteiger partial charge in [0.05, 0.1) is 6.10 Å². The number of hydrogen-bond acceptors (Lipinski definition) is 3. The standard InChI is InChI=1S/C15H20F2N2O2/c16-12-5-4-10(7-13(12)17)14(20)9-19-6-2-1-3-11(19)8-15(18)21/h4-5,7,11,14,20H,1-3,6,8-9H2,(H2,18,21). The van der Waals surface area contributed by atoms with Gasteiger partial charge in [-0.3, -0.25) is 9.69 Å². The van der Waals surface area contributed by atoms with Crippen LogP contribution >= 0.6 is 0 Å². The molecule has 0 saturated carbocycles. The van der Waals surface area contributed by atoms with E-state index in [4.69, 9.17) is 5.73 Å². The average Bonchev–Trinajstić information content (AvgIpc) is 2.43. The molecule has 1 aliphatic rings. The molecule has 1 saturated heterocycles. The van der Waals surface area contributed by atoms with Gasteiger partial charge in [-0.15, -0.1) is 0 Å². The Kier molecular flexibility index (Phi) is 5.25. The molecule has 1 heterocycles. The van der Waals surface area contributed by atoms with Gasteiger partial charge in [0, 0.05) is 19.0 Å². The molecule has 2 atom stereocenters. The molecule has 1 aliphatic heterocycles. The predicted molar refractivity (Wildman–Crippen MR) is 74.3 cm³/mol. The summed E-state index contributed by atoms with van der Waals surface area (Å²) in [4.78, 5) is 13.1. The van der Waals surface area contributed by atoms with E-state index in [-0.39, 0.29) is 24.9 Å². The number of primary amides is 1. The normalized spacial score (nSPS) is 21.2. The van der Waals surface area contributed by atoms with Crippen LogP contribution in [0.2, 0.25) is 0 Å². The first-order chi connectivity index (χ1) is 9.97. The van der Waals surface area contributed by atoms with Gasteiger partial charge in [-0.1, -0.05) is 12.5 Å². The lowest BCUT2D eigenvalue weighted by atomic mass is 9.97. The lowest BCUT2D eigenvalue weighted by Crippen LogP contribution is -2.43. The zero-order valence-corrected chi connectivity index (χ0v) is 11.8. The molecule has 116 valence electrons. The summed E-state index contributed by atoms with van der Waals surface area (Å²) in [6.07, 6.45) is 2.20. The number of likely N-dealkylation sites (tertiary alicyclic amines) is 1. The molecule has 1 aromatic carbocycles. The maximum Gasteiger partial charge on any atom is 0.218 e. The molecule has 4 nitrogen and oxygen atoms in total. The number of hydrogen-bond donors (Lipinski definition) is 2. The lowest BCUT2D eigenvalue weighted by Gasteiger charge is -2.36. The molecule has 0 aromatic heterocycles. The van der Waals surface area contributed by atoms with E-state index < -0.39 is 17.7 Å². The van der Waals surface area contributed by atoms with Crippen molar-refractivity contribution < 1.29 is 18.7 Å². The van der Waals surface area contributed by atoms with Crippen LogP contribution < -0.4 is 5.73 Å². The monoisotopic (exact) mass is 298 g/mol. The number of rotatable bonds is 5. The molecule has 1 fully saturated rings. The first-order valence-electron chi connectivity index (χ1n) is 7.12. The highest BCUT2D eigenvalue weighted by Gasteiger charge is 2.26. The highest BCUT2D eigenvalue weighted by molar-refractivity contribution is 5.74. The first-order valence-corrected chi connectivity index (χ1v) is 7.12. The number of halogens is 2. The Labute approximate surface area is 122 Å². The zero-order valence-electron chi connectivity index (χ0n) is 11.8. The number of benzene rings is 1. The Hall–Kier alpha value is -1.53. The molecular formula is C15H20F2N2O2. The van der Waals surface area contributed by atoms with E-state index in [1.54, 1.807) is 0 Å². The van der Waals surface area contributed by atoms with Gasteiger partial charge in [-0.25, -0.2) is 8.78 Å². The summed E-state index contributed by atoms with van der Waals surface area (Å²) < 4.78 is 26.1. The van der Waals surface area contributed by atoms with E-state index in [0.29, 0.717) is 5.56 Å². The van der Waals surface area contributed by atoms with Crippen molar-refractivity contribution in [2.75, 3.05) is 13.1 Å². The second kappa shape index (κ2) is 6.95. The topological polar surface area (TPSA) is 66.6 Å². The molecule has 0 bridgehead atoms. The van der Waals surface area contributed by atoms with Crippen molar-refractivity contribution in [2.24, 2.45) is 5.73 Å². The van der Waals surface area contributed by atoms with Crippen LogP contribution in [0.3, 0.4) is 0 Å². The second-order valence-corrected chi connectivity index (χ2v) is 5.50. The van der Waals surface area contributed by atoms with Crippen LogP contribution in [-0.4, -0.2) is 35.0 Å². The van der Waals surface area contributed by atoms with E-state index in [9.17, 15) is 18.7 Å². The Bertz CT molecular complexity index is 510. The maximum absolute atomic E-state index is 13.2. The summed E-state index contributed by atoms with van der Waals surface area (Å²) in [7, 11) is 0. The van der Waals surface area contributed by atoms with Crippen LogP contribution in [0, 0.1) is 11.6 Å². The maximum atomic E-state index is 13.2. The molecule has 0 spiro atoms. The molecule has 2 rings (SSSR count). The highest BCUT2D eigenvalue weighted by atomic mass is 19.2. The third-order valence-electron chi connectivity index (χ3n) is 3.92. The quantitative estimate of drug-likeness (QED) is 0.870. The molecular weight excluding hydrogens is 278 g/mol. The third-order valence-corrected chi connectivity index (χ3v) is 3.92. The van der Waals surface area contributed by atoms with Gasteiger partial charge < -0.3 is 10.8 Å². The van der Waals surface area contributed by atoms with Gasteiger partial charge in [-0.2, -0.15) is 0 Å². The van der Waals surface area contributed by atoms with Gasteiger partial charge in [-0.05, 0) is 37.1 Å². The summed E-state index contributed by atoms with van der Waals surface area (Å²) in [5.74, 6) is -2.27. The average molecular weight is 298 g/mol. The minimum Gasteiger partial charge on any atom is -0.387 e. The van der Waals surface area contributed by atoms with E-state index in [0.717, 1.165) is 37.9 Å². The fourth-order valence-electron chi connectivity index (χ4n) is 2.81. The first kappa shape index (κ1) is 15.9. The summed E-state index contributed by atoms with van der Waals surface area (Å²) in [6.45, 7) is 1.04. The van der Waals surface area contributed by atoms with Crippen molar-refractivity contribution in [3.05, 3.63) is 35.4 Å². The van der Waals surface area contributed by atoms with Crippen molar-refractivity contribution in [1.29, 1.82) is 0 Å². The summed E-state index contributed by atoms with van der Waals surface area (Å²) in [6, 6.07) is 3.39. The number of nitrogens with two attached hydrogens (primary N) is 1. The Morgan fingerprint density at radius 1 is 1.38 bits per heavy atom. The van der Waals surface area contributed by atoms with Crippen molar-refractivity contribution in [3.63, 3.8) is 0 Å². The lowest BCUT2D eigenvalue weighted by molar-refractivity contribution is -0.119. The minimum atomic E-state index is -0.973. The number of nitrogens with zero attached hydrogens (tertiary/aromatic N) is 1. The van der Waals surface area contributed by atoms with Gasteiger partial charge in [0.2, 0.25) is 5.91 Å². The van der Waals surface area contributed by atoms with Crippen LogP contribution in [0.4, 0.5) is 8.78 Å². The third kappa shape index (κ3) is 4.22. The van der Waals surface area contributed by atoms with Crippen LogP contribution in [0.25, 0.3) is 0 Å². The molecule has 6 heteroatoms. The largest absolute Gasteiger partial charge is 0.387 e. The molecule has 21 heavy (non-hydrogen) atoms. The van der Waals surface area contributed by atoms with E-state index in [1.165, 1.54) is 6.07 Å². The molecule has 2 unspecified atom stereocenters. The fourth-order valence-corrected chi connectivity index (χ4v) is 2.81. The number of carbonyl (C=O) groups excluding carboxylic acids is 1. The zero-order chi connectivity index (χ0) is 15.4. The summed E-state index contributed by atoms with van der Waals surface area (Å²) in [5, 5.41) is 10.2. The highest BCUT2D eigenvalue weighted by Crippen LogP contribution is 2.24. The number of piperidine rings is 1.